The van der Waals surface area contributed by atoms with Crippen molar-refractivity contribution in [3.05, 3.63) is 50.2 Å². The van der Waals surface area contributed by atoms with Crippen molar-refractivity contribution < 1.29 is 4.79 Å². The van der Waals surface area contributed by atoms with Crippen LogP contribution in [0.1, 0.15) is 23.0 Å². The van der Waals surface area contributed by atoms with E-state index in [9.17, 15) is 4.79 Å². The summed E-state index contributed by atoms with van der Waals surface area (Å²) < 4.78 is 2.26. The number of rotatable bonds is 3. The molecule has 0 atom stereocenters. The summed E-state index contributed by atoms with van der Waals surface area (Å²) in [5.74, 6) is -0.200. The van der Waals surface area contributed by atoms with E-state index >= 15 is 0 Å². The molecule has 94 valence electrons. The van der Waals surface area contributed by atoms with Crippen LogP contribution in [0.2, 0.25) is 10.0 Å². The first-order valence-electron chi connectivity index (χ1n) is 5.25. The van der Waals surface area contributed by atoms with Gasteiger partial charge in [0, 0.05) is 17.1 Å². The molecular formula is C12H9BrCl2N2O. The van der Waals surface area contributed by atoms with Gasteiger partial charge >= 0.3 is 0 Å². The second-order valence-corrected chi connectivity index (χ2v) is 5.31. The SMILES string of the molecule is CCn1ncc(Br)c1C(=O)c1cc(Cl)ccc1Cl. The van der Waals surface area contributed by atoms with Crippen LogP contribution in [0, 0.1) is 0 Å². The number of hydrogen-bond donors (Lipinski definition) is 0. The van der Waals surface area contributed by atoms with Crippen molar-refractivity contribution in [2.24, 2.45) is 0 Å². The van der Waals surface area contributed by atoms with Gasteiger partial charge in [-0.1, -0.05) is 23.2 Å². The van der Waals surface area contributed by atoms with Crippen molar-refractivity contribution in [2.45, 2.75) is 13.5 Å². The molecule has 1 aromatic carbocycles. The summed E-state index contributed by atoms with van der Waals surface area (Å²) in [6.45, 7) is 2.51. The predicted octanol–water partition coefficient (Wildman–Crippen LogP) is 4.20. The molecule has 18 heavy (non-hydrogen) atoms. The number of nitrogens with zero attached hydrogens (tertiary/aromatic N) is 2. The molecule has 0 bridgehead atoms. The maximum absolute atomic E-state index is 12.4. The standard InChI is InChI=1S/C12H9BrCl2N2O/c1-2-17-11(9(13)6-16-17)12(18)8-5-7(14)3-4-10(8)15/h3-6H,2H2,1H3. The van der Waals surface area contributed by atoms with Crippen molar-refractivity contribution in [1.29, 1.82) is 0 Å². The molecule has 0 aliphatic rings. The van der Waals surface area contributed by atoms with E-state index in [1.165, 1.54) is 0 Å². The van der Waals surface area contributed by atoms with E-state index in [4.69, 9.17) is 23.2 Å². The number of aryl methyl sites for hydroxylation is 1. The first-order valence-corrected chi connectivity index (χ1v) is 6.80. The normalized spacial score (nSPS) is 10.7. The summed E-state index contributed by atoms with van der Waals surface area (Å²) in [6, 6.07) is 4.82. The summed E-state index contributed by atoms with van der Waals surface area (Å²) >= 11 is 15.2. The highest BCUT2D eigenvalue weighted by Crippen LogP contribution is 2.26. The Morgan fingerprint density at radius 2 is 2.17 bits per heavy atom. The second kappa shape index (κ2) is 5.43. The van der Waals surface area contributed by atoms with E-state index in [-0.39, 0.29) is 5.78 Å². The van der Waals surface area contributed by atoms with Crippen LogP contribution in [0.4, 0.5) is 0 Å². The van der Waals surface area contributed by atoms with Gasteiger partial charge in [-0.05, 0) is 41.1 Å². The molecule has 3 nitrogen and oxygen atoms in total. The largest absolute Gasteiger partial charge is 0.287 e. The summed E-state index contributed by atoms with van der Waals surface area (Å²) in [5, 5.41) is 4.95. The Morgan fingerprint density at radius 1 is 1.44 bits per heavy atom. The molecule has 6 heteroatoms. The molecule has 0 fully saturated rings. The molecule has 0 unspecified atom stereocenters. The van der Waals surface area contributed by atoms with Crippen LogP contribution in [0.5, 0.6) is 0 Å². The molecule has 0 saturated carbocycles. The molecule has 2 rings (SSSR count). The molecule has 1 aromatic heterocycles. The highest BCUT2D eigenvalue weighted by Gasteiger charge is 2.20. The number of ketones is 1. The van der Waals surface area contributed by atoms with Crippen molar-refractivity contribution in [1.82, 2.24) is 9.78 Å². The zero-order valence-corrected chi connectivity index (χ0v) is 12.6. The molecule has 1 heterocycles. The lowest BCUT2D eigenvalue weighted by molar-refractivity contribution is 0.102. The van der Waals surface area contributed by atoms with Gasteiger partial charge in [-0.25, -0.2) is 0 Å². The lowest BCUT2D eigenvalue weighted by Crippen LogP contribution is -2.11. The highest BCUT2D eigenvalue weighted by atomic mass is 79.9. The van der Waals surface area contributed by atoms with Gasteiger partial charge in [-0.3, -0.25) is 9.48 Å². The van der Waals surface area contributed by atoms with Gasteiger partial charge in [0.15, 0.2) is 0 Å². The zero-order valence-electron chi connectivity index (χ0n) is 9.45. The number of hydrogen-bond acceptors (Lipinski definition) is 2. The van der Waals surface area contributed by atoms with Gasteiger partial charge in [0.05, 0.1) is 15.7 Å². The van der Waals surface area contributed by atoms with Gasteiger partial charge in [-0.2, -0.15) is 5.10 Å². The van der Waals surface area contributed by atoms with Crippen LogP contribution in [0.3, 0.4) is 0 Å². The summed E-state index contributed by atoms with van der Waals surface area (Å²) in [6.07, 6.45) is 1.59. The molecule has 0 aliphatic heterocycles. The Labute approximate surface area is 123 Å². The van der Waals surface area contributed by atoms with E-state index in [1.54, 1.807) is 29.1 Å². The van der Waals surface area contributed by atoms with E-state index in [0.29, 0.717) is 32.3 Å². The monoisotopic (exact) mass is 346 g/mol. The maximum Gasteiger partial charge on any atom is 0.213 e. The van der Waals surface area contributed by atoms with Gasteiger partial charge in [-0.15, -0.1) is 0 Å². The van der Waals surface area contributed by atoms with E-state index < -0.39 is 0 Å². The van der Waals surface area contributed by atoms with Crippen molar-refractivity contribution in [3.8, 4) is 0 Å². The molecule has 0 N–H and O–H groups in total. The number of halogens is 3. The Kier molecular flexibility index (Phi) is 4.10. The van der Waals surface area contributed by atoms with Crippen molar-refractivity contribution in [3.63, 3.8) is 0 Å². The van der Waals surface area contributed by atoms with E-state index in [0.717, 1.165) is 0 Å². The topological polar surface area (TPSA) is 34.9 Å². The van der Waals surface area contributed by atoms with Crippen LogP contribution in [0.15, 0.2) is 28.9 Å². The Hall–Kier alpha value is -0.840. The molecule has 0 aliphatic carbocycles. The summed E-state index contributed by atoms with van der Waals surface area (Å²) in [4.78, 5) is 12.4. The average molecular weight is 348 g/mol. The Balaban J connectivity index is 2.54. The lowest BCUT2D eigenvalue weighted by atomic mass is 10.1. The van der Waals surface area contributed by atoms with E-state index in [1.807, 2.05) is 6.92 Å². The fourth-order valence-corrected chi connectivity index (χ4v) is 2.48. The zero-order chi connectivity index (χ0) is 13.3. The van der Waals surface area contributed by atoms with Crippen molar-refractivity contribution >= 4 is 44.9 Å². The first kappa shape index (κ1) is 13.6. The van der Waals surface area contributed by atoms with Crippen LogP contribution in [-0.4, -0.2) is 15.6 Å². The van der Waals surface area contributed by atoms with Crippen LogP contribution in [0.25, 0.3) is 0 Å². The fourth-order valence-electron chi connectivity index (χ4n) is 1.63. The third kappa shape index (κ3) is 2.46. The molecule has 0 saturated heterocycles. The summed E-state index contributed by atoms with van der Waals surface area (Å²) in [7, 11) is 0. The maximum atomic E-state index is 12.4. The van der Waals surface area contributed by atoms with Gasteiger partial charge < -0.3 is 0 Å². The predicted molar refractivity (Wildman–Crippen MR) is 75.5 cm³/mol. The van der Waals surface area contributed by atoms with Crippen LogP contribution < -0.4 is 0 Å². The number of carbonyl (C=O) groups excluding carboxylic acids is 1. The second-order valence-electron chi connectivity index (χ2n) is 3.61. The van der Waals surface area contributed by atoms with Gasteiger partial charge in [0.25, 0.3) is 0 Å². The van der Waals surface area contributed by atoms with E-state index in [2.05, 4.69) is 21.0 Å². The van der Waals surface area contributed by atoms with Crippen LogP contribution >= 0.6 is 39.1 Å². The molecule has 0 spiro atoms. The average Bonchev–Trinajstić information content (AvgIpc) is 2.72. The number of carbonyl (C=O) groups is 1. The highest BCUT2D eigenvalue weighted by molar-refractivity contribution is 9.10. The Bertz CT molecular complexity index is 610. The number of benzene rings is 1. The third-order valence-electron chi connectivity index (χ3n) is 2.48. The van der Waals surface area contributed by atoms with Gasteiger partial charge in [0.1, 0.15) is 5.69 Å². The molecule has 0 amide bonds. The molecule has 2 aromatic rings. The minimum Gasteiger partial charge on any atom is -0.287 e. The quantitative estimate of drug-likeness (QED) is 0.780. The van der Waals surface area contributed by atoms with Crippen molar-refractivity contribution in [2.75, 3.05) is 0 Å². The van der Waals surface area contributed by atoms with Gasteiger partial charge in [0.2, 0.25) is 5.78 Å². The van der Waals surface area contributed by atoms with Crippen LogP contribution in [-0.2, 0) is 6.54 Å². The molecule has 0 radical (unpaired) electrons. The minimum absolute atomic E-state index is 0.200. The third-order valence-corrected chi connectivity index (χ3v) is 3.63. The Morgan fingerprint density at radius 3 is 2.83 bits per heavy atom. The summed E-state index contributed by atoms with van der Waals surface area (Å²) in [5.41, 5.74) is 0.849. The smallest absolute Gasteiger partial charge is 0.213 e. The minimum atomic E-state index is -0.200. The fraction of sp³-hybridized carbons (Fsp3) is 0.167. The number of aromatic nitrogens is 2. The lowest BCUT2D eigenvalue weighted by Gasteiger charge is -2.07. The molecular weight excluding hydrogens is 339 g/mol. The first-order chi connectivity index (χ1) is 8.54.